The number of hydrogen-bond donors (Lipinski definition) is 0. The van der Waals surface area contributed by atoms with Crippen LogP contribution in [0.15, 0.2) is 0 Å². The maximum Gasteiger partial charge on any atom is 0 e. The quantitative estimate of drug-likeness (QED) is 0.499. The Bertz CT molecular complexity index is 8.00. The van der Waals surface area contributed by atoms with Gasteiger partial charge in [0.15, 0.2) is 0 Å². The van der Waals surface area contributed by atoms with E-state index in [1.165, 1.54) is 0 Å². The number of rotatable bonds is 0. The van der Waals surface area contributed by atoms with Crippen LogP contribution in [0.5, 0.6) is 0 Å². The Balaban J connectivity index is -0.00000000500. The van der Waals surface area contributed by atoms with Gasteiger partial charge in [0.05, 0.1) is 0 Å². The average Bonchev–Trinajstić information content (AvgIpc) is 1.00. The van der Waals surface area contributed by atoms with Crippen molar-refractivity contribution >= 4 is 17.4 Å². The molecule has 0 bridgehead atoms. The van der Waals surface area contributed by atoms with Crippen LogP contribution in [0.3, 0.4) is 0 Å². The van der Waals surface area contributed by atoms with E-state index in [0.717, 1.165) is 0 Å². The van der Waals surface area contributed by atoms with Gasteiger partial charge in [-0.2, -0.15) is 0 Å². The summed E-state index contributed by atoms with van der Waals surface area (Å²) in [4.78, 5) is 0. The summed E-state index contributed by atoms with van der Waals surface area (Å²) in [6, 6.07) is 0. The zero-order valence-electron chi connectivity index (χ0n) is 1.99. The van der Waals surface area contributed by atoms with Crippen LogP contribution in [0.25, 0.3) is 0 Å². The van der Waals surface area contributed by atoms with Crippen molar-refractivity contribution < 1.29 is 43.8 Å². The summed E-state index contributed by atoms with van der Waals surface area (Å²) in [6.45, 7) is 0. The fourth-order valence-corrected chi connectivity index (χ4v) is 0. The minimum atomic E-state index is 0. The first-order valence-corrected chi connectivity index (χ1v) is 0.728. The third-order valence-electron chi connectivity index (χ3n) is 0. The summed E-state index contributed by atoms with van der Waals surface area (Å²) in [5.74, 6) is 0. The van der Waals surface area contributed by atoms with Crippen LogP contribution in [0.2, 0.25) is 0 Å². The van der Waals surface area contributed by atoms with Crippen molar-refractivity contribution in [1.82, 2.24) is 0 Å². The van der Waals surface area contributed by atoms with E-state index < -0.39 is 0 Å². The summed E-state index contributed by atoms with van der Waals surface area (Å²) < 4.78 is 8.06. The predicted octanol–water partition coefficient (Wildman–Crippen LogP) is -0.505. The van der Waals surface area contributed by atoms with Crippen molar-refractivity contribution in [2.45, 2.75) is 0 Å². The van der Waals surface area contributed by atoms with E-state index in [1.54, 1.807) is 21.0 Å². The van der Waals surface area contributed by atoms with E-state index in [1.807, 2.05) is 0 Å². The molecule has 0 saturated carbocycles. The van der Waals surface area contributed by atoms with Gasteiger partial charge in [-0.25, -0.2) is 0 Å². The minimum absolute atomic E-state index is 0. The molecule has 0 rings (SSSR count). The van der Waals surface area contributed by atoms with E-state index in [4.69, 9.17) is 3.25 Å². The van der Waals surface area contributed by atoms with Gasteiger partial charge in [0.2, 0.25) is 0 Å². The molecule has 0 aliphatic heterocycles. The molecule has 0 aliphatic carbocycles. The van der Waals surface area contributed by atoms with Crippen LogP contribution < -0.4 is 0 Å². The molecule has 22 valence electrons. The van der Waals surface area contributed by atoms with Gasteiger partial charge in [-0.15, -0.1) is 0 Å². The van der Waals surface area contributed by atoms with Crippen LogP contribution >= 0.6 is 0 Å². The standard InChI is InChI=1S/Ag.Al.O.Zn. The van der Waals surface area contributed by atoms with Gasteiger partial charge in [-0.3, -0.25) is 0 Å². The largest absolute Gasteiger partial charge is 0 e. The average molecular weight is 216 g/mol. The smallest absolute Gasteiger partial charge is 0 e. The molecule has 0 fully saturated rings. The van der Waals surface area contributed by atoms with E-state index in [0.29, 0.717) is 0 Å². The van der Waals surface area contributed by atoms with E-state index in [2.05, 4.69) is 0 Å². The molecule has 0 saturated heterocycles. The molecule has 0 aliphatic rings. The topological polar surface area (TPSA) is 17.1 Å². The molecule has 4 heteroatoms. The molecule has 0 atom stereocenters. The van der Waals surface area contributed by atoms with Crippen LogP contribution in [0, 0.1) is 0 Å². The molecule has 0 spiro atoms. The fourth-order valence-electron chi connectivity index (χ4n) is 0. The zero-order valence-corrected chi connectivity index (χ0v) is 7.60. The van der Waals surface area contributed by atoms with Gasteiger partial charge >= 0.3 is 24.3 Å². The van der Waals surface area contributed by atoms with Crippen molar-refractivity contribution in [3.8, 4) is 0 Å². The van der Waals surface area contributed by atoms with E-state index in [9.17, 15) is 0 Å². The SMILES string of the molecule is [Al].[O]=[Ag].[Zn]. The second kappa shape index (κ2) is 22.3. The van der Waals surface area contributed by atoms with Crippen LogP contribution in [0.1, 0.15) is 0 Å². The first kappa shape index (κ1) is 17.3. The Morgan fingerprint density at radius 3 is 1.25 bits per heavy atom. The van der Waals surface area contributed by atoms with Crippen molar-refractivity contribution in [3.05, 3.63) is 0 Å². The molecule has 0 unspecified atom stereocenters. The third-order valence-corrected chi connectivity index (χ3v) is 0. The Morgan fingerprint density at radius 2 is 1.25 bits per heavy atom. The van der Waals surface area contributed by atoms with Gasteiger partial charge < -0.3 is 0 Å². The summed E-state index contributed by atoms with van der Waals surface area (Å²) >= 11 is 1.70. The molecular weight excluding hydrogens is 216 g/mol. The first-order valence-electron chi connectivity index (χ1n) is 0.123. The van der Waals surface area contributed by atoms with Gasteiger partial charge in [0.1, 0.15) is 0 Å². The van der Waals surface area contributed by atoms with Crippen LogP contribution in [-0.2, 0) is 43.8 Å². The Morgan fingerprint density at radius 1 is 1.25 bits per heavy atom. The third kappa shape index (κ3) is 9.34. The second-order valence-electron chi connectivity index (χ2n) is 0. The predicted molar refractivity (Wildman–Crippen MR) is 6.44 cm³/mol. The Labute approximate surface area is 60.7 Å². The van der Waals surface area contributed by atoms with Crippen LogP contribution in [0.4, 0.5) is 0 Å². The van der Waals surface area contributed by atoms with Crippen molar-refractivity contribution in [2.75, 3.05) is 0 Å². The molecule has 3 radical (unpaired) electrons. The Kier molecular flexibility index (Phi) is 96.3. The van der Waals surface area contributed by atoms with Crippen molar-refractivity contribution in [3.63, 3.8) is 0 Å². The van der Waals surface area contributed by atoms with E-state index in [-0.39, 0.29) is 36.8 Å². The monoisotopic (exact) mass is 214 g/mol. The molecular formula is AgAlOZn. The molecule has 0 heterocycles. The Hall–Kier alpha value is 1.70. The minimum Gasteiger partial charge on any atom is 0 e. The van der Waals surface area contributed by atoms with Gasteiger partial charge in [0.25, 0.3) is 0 Å². The summed E-state index contributed by atoms with van der Waals surface area (Å²) in [6.07, 6.45) is 0. The van der Waals surface area contributed by atoms with E-state index >= 15 is 0 Å². The second-order valence-corrected chi connectivity index (χ2v) is 0. The zero-order chi connectivity index (χ0) is 2.00. The molecule has 4 heavy (non-hydrogen) atoms. The fraction of sp³-hybridized carbons (Fsp3) is 0. The summed E-state index contributed by atoms with van der Waals surface area (Å²) in [5.41, 5.74) is 0. The summed E-state index contributed by atoms with van der Waals surface area (Å²) in [5, 5.41) is 0. The molecule has 0 aromatic heterocycles. The normalized spacial score (nSPS) is 1.50. The maximum absolute atomic E-state index is 8.06. The molecule has 1 nitrogen and oxygen atoms in total. The maximum atomic E-state index is 8.06. The first-order chi connectivity index (χ1) is 1.00. The summed E-state index contributed by atoms with van der Waals surface area (Å²) in [7, 11) is 0. The number of hydrogen-bond acceptors (Lipinski definition) is 1. The molecule has 0 aromatic rings. The van der Waals surface area contributed by atoms with Gasteiger partial charge in [-0.1, -0.05) is 0 Å². The van der Waals surface area contributed by atoms with Crippen molar-refractivity contribution in [2.24, 2.45) is 0 Å². The van der Waals surface area contributed by atoms with Crippen LogP contribution in [-0.4, -0.2) is 17.4 Å². The van der Waals surface area contributed by atoms with Crippen molar-refractivity contribution in [1.29, 1.82) is 0 Å². The van der Waals surface area contributed by atoms with Gasteiger partial charge in [-0.05, 0) is 0 Å². The van der Waals surface area contributed by atoms with Gasteiger partial charge in [0, 0.05) is 36.8 Å². The molecule has 0 aromatic carbocycles. The molecule has 0 amide bonds. The molecule has 0 N–H and O–H groups in total.